The Kier molecular flexibility index (Phi) is 12.0. The molecule has 3 aromatic rings. The molecule has 1 atom stereocenters. The molecule has 0 spiro atoms. The van der Waals surface area contributed by atoms with Crippen LogP contribution >= 0.6 is 0 Å². The van der Waals surface area contributed by atoms with Gasteiger partial charge in [-0.1, -0.05) is 61.4 Å². The minimum Gasteiger partial charge on any atom is -0.512 e. The maximum absolute atomic E-state index is 13.4. The van der Waals surface area contributed by atoms with Crippen molar-refractivity contribution in [2.45, 2.75) is 53.4 Å². The molecule has 0 aliphatic rings. The van der Waals surface area contributed by atoms with Gasteiger partial charge in [-0.05, 0) is 49.1 Å². The fraction of sp³-hybridized carbons (Fsp3) is 0.286. The van der Waals surface area contributed by atoms with E-state index < -0.39 is 11.6 Å². The Labute approximate surface area is 214 Å². The number of hydrogen-bond acceptors (Lipinski definition) is 2. The second-order valence-corrected chi connectivity index (χ2v) is 8.14. The fourth-order valence-corrected chi connectivity index (χ4v) is 3.24. The van der Waals surface area contributed by atoms with Crippen molar-refractivity contribution >= 4 is 5.78 Å². The van der Waals surface area contributed by atoms with E-state index in [1.54, 1.807) is 26.1 Å². The maximum atomic E-state index is 13.4. The average Bonchev–Trinajstić information content (AvgIpc) is 2.77. The summed E-state index contributed by atoms with van der Waals surface area (Å²) in [6.45, 7) is 9.47. The first-order valence-electron chi connectivity index (χ1n) is 10.9. The van der Waals surface area contributed by atoms with E-state index in [-0.39, 0.29) is 37.2 Å². The Bertz CT molecular complexity index is 1120. The Morgan fingerprint density at radius 3 is 2.26 bits per heavy atom. The molecule has 1 radical (unpaired) electrons. The molecule has 34 heavy (non-hydrogen) atoms. The third-order valence-electron chi connectivity index (χ3n) is 5.44. The smallest absolute Gasteiger partial charge is 0.320 e. The van der Waals surface area contributed by atoms with Crippen molar-refractivity contribution < 1.29 is 38.8 Å². The largest absolute Gasteiger partial charge is 0.512 e. The number of nitrogens with zero attached hydrogens (tertiary/aromatic N) is 1. The zero-order chi connectivity index (χ0) is 24.5. The summed E-state index contributed by atoms with van der Waals surface area (Å²) in [6.07, 6.45) is 3.27. The Hall–Kier alpha value is -2.69. The Morgan fingerprint density at radius 2 is 1.76 bits per heavy atom. The normalized spacial score (nSPS) is 12.0. The first-order chi connectivity index (χ1) is 15.6. The molecule has 3 rings (SSSR count). The van der Waals surface area contributed by atoms with E-state index in [1.807, 2.05) is 13.0 Å². The molecule has 3 nitrogen and oxygen atoms in total. The molecule has 0 saturated carbocycles. The van der Waals surface area contributed by atoms with Crippen molar-refractivity contribution in [2.75, 3.05) is 0 Å². The molecule has 0 bridgehead atoms. The molecular formula is C28H31F2IrNO2. The Morgan fingerprint density at radius 1 is 1.12 bits per heavy atom. The van der Waals surface area contributed by atoms with Crippen molar-refractivity contribution in [2.24, 2.45) is 0 Å². The first kappa shape index (κ1) is 29.3. The molecule has 2 aromatic carbocycles. The number of aliphatic hydroxyl groups excluding tert-OH is 1. The van der Waals surface area contributed by atoms with Gasteiger partial charge in [0.15, 0.2) is 0 Å². The number of ketones is 1. The molecule has 1 unspecified atom stereocenters. The summed E-state index contributed by atoms with van der Waals surface area (Å²) in [5, 5.41) is 9.52. The third kappa shape index (κ3) is 8.58. The number of hydrogen-bond donors (Lipinski definition) is 1. The van der Waals surface area contributed by atoms with Crippen LogP contribution in [-0.4, -0.2) is 20.7 Å². The number of benzene rings is 2. The monoisotopic (exact) mass is 644 g/mol. The summed E-state index contributed by atoms with van der Waals surface area (Å²) >= 11 is 0. The van der Waals surface area contributed by atoms with Gasteiger partial charge in [0.2, 0.25) is 0 Å². The van der Waals surface area contributed by atoms with Gasteiger partial charge >= 0.3 is 5.78 Å². The van der Waals surface area contributed by atoms with Crippen molar-refractivity contribution in [1.82, 2.24) is 4.98 Å². The van der Waals surface area contributed by atoms with E-state index in [9.17, 15) is 18.7 Å². The predicted molar refractivity (Wildman–Crippen MR) is 130 cm³/mol. The van der Waals surface area contributed by atoms with Gasteiger partial charge in [0, 0.05) is 44.4 Å². The molecule has 2 N–H and O–H groups in total. The van der Waals surface area contributed by atoms with E-state index in [0.717, 1.165) is 29.7 Å². The standard InChI is InChI=1S/C16H22O2.C12H8F2N.Ir/c1-5-11(2)15-8-6-14(7-9-15)10-16(12(3)17)13(4)18;1-8-4-5-15-12(6-8)10-3-2-9(13)7-11(10)14;/h6-9,11,17H,5,10H2,1-4H3;2,4-7H,1H3;/q;-1;/p+1. The van der Waals surface area contributed by atoms with Gasteiger partial charge in [-0.2, -0.15) is 0 Å². The molecular weight excluding hydrogens is 613 g/mol. The van der Waals surface area contributed by atoms with E-state index in [1.165, 1.54) is 5.56 Å². The number of carbonyl (C=O) groups excluding carboxylic acids is 1. The topological polar surface area (TPSA) is 54.5 Å². The van der Waals surface area contributed by atoms with E-state index in [2.05, 4.69) is 49.2 Å². The molecule has 0 aliphatic heterocycles. The summed E-state index contributed by atoms with van der Waals surface area (Å²) in [6, 6.07) is 16.4. The molecule has 0 aliphatic carbocycles. The quantitative estimate of drug-likeness (QED) is 0.133. The van der Waals surface area contributed by atoms with Gasteiger partial charge < -0.3 is 10.1 Å². The van der Waals surface area contributed by atoms with Gasteiger partial charge in [0.1, 0.15) is 5.76 Å². The summed E-state index contributed by atoms with van der Waals surface area (Å²) < 4.78 is 26.0. The van der Waals surface area contributed by atoms with E-state index in [0.29, 0.717) is 23.6 Å². The number of aliphatic hydroxyl groups is 1. The van der Waals surface area contributed by atoms with Gasteiger partial charge in [-0.15, -0.1) is 12.1 Å². The predicted octanol–water partition coefficient (Wildman–Crippen LogP) is 7.27. The van der Waals surface area contributed by atoms with Crippen LogP contribution in [0.1, 0.15) is 56.7 Å². The summed E-state index contributed by atoms with van der Waals surface area (Å²) in [5.41, 5.74) is 4.66. The molecule has 0 fully saturated rings. The molecule has 183 valence electrons. The van der Waals surface area contributed by atoms with Crippen molar-refractivity contribution in [3.63, 3.8) is 0 Å². The van der Waals surface area contributed by atoms with Crippen LogP contribution in [0.25, 0.3) is 11.3 Å². The number of rotatable bonds is 6. The number of halogens is 2. The van der Waals surface area contributed by atoms with Crippen LogP contribution < -0.4 is 0 Å². The second-order valence-electron chi connectivity index (χ2n) is 8.14. The maximum Gasteiger partial charge on any atom is 0.320 e. The van der Waals surface area contributed by atoms with Crippen LogP contribution in [0, 0.1) is 24.6 Å². The number of pyridine rings is 1. The van der Waals surface area contributed by atoms with Crippen LogP contribution in [0.15, 0.2) is 66.1 Å². The van der Waals surface area contributed by atoms with Crippen LogP contribution in [-0.2, 0) is 26.5 Å². The Balaban J connectivity index is 0.000000334. The van der Waals surface area contributed by atoms with Crippen molar-refractivity contribution in [3.05, 3.63) is 100 Å². The number of aromatic nitrogens is 1. The van der Waals surface area contributed by atoms with Crippen LogP contribution in [0.5, 0.6) is 0 Å². The second kappa shape index (κ2) is 13.9. The molecule has 0 amide bonds. The van der Waals surface area contributed by atoms with Crippen molar-refractivity contribution in [3.8, 4) is 11.3 Å². The van der Waals surface area contributed by atoms with Crippen LogP contribution in [0.2, 0.25) is 0 Å². The zero-order valence-corrected chi connectivity index (χ0v) is 22.5. The number of aryl methyl sites for hydroxylation is 1. The van der Waals surface area contributed by atoms with Crippen LogP contribution in [0.3, 0.4) is 0 Å². The van der Waals surface area contributed by atoms with Gasteiger partial charge in [-0.3, -0.25) is 13.6 Å². The third-order valence-corrected chi connectivity index (χ3v) is 5.44. The van der Waals surface area contributed by atoms with Gasteiger partial charge in [0.05, 0.1) is 12.5 Å². The average molecular weight is 644 g/mol. The molecule has 0 saturated heterocycles. The van der Waals surface area contributed by atoms with Crippen molar-refractivity contribution in [1.29, 1.82) is 0 Å². The van der Waals surface area contributed by atoms with Crippen LogP contribution in [0.4, 0.5) is 8.78 Å². The first-order valence-corrected chi connectivity index (χ1v) is 10.9. The molecule has 1 heterocycles. The van der Waals surface area contributed by atoms with E-state index in [4.69, 9.17) is 0 Å². The zero-order valence-electron chi connectivity index (χ0n) is 20.1. The minimum atomic E-state index is -0.645. The summed E-state index contributed by atoms with van der Waals surface area (Å²) in [4.78, 5) is 13.5. The molecule has 6 heteroatoms. The van der Waals surface area contributed by atoms with Gasteiger partial charge in [-0.25, -0.2) is 0 Å². The fourth-order valence-electron chi connectivity index (χ4n) is 3.24. The van der Waals surface area contributed by atoms with Gasteiger partial charge in [0.25, 0.3) is 0 Å². The number of allylic oxidation sites excluding steroid dienone is 2. The summed E-state index contributed by atoms with van der Waals surface area (Å²) in [5.74, 6) is -0.348. The minimum absolute atomic E-state index is 0. The SMILES string of the molecule is CCC(C)c1ccc(CC(C(C)=[OH+])=C(C)O)cc1.Cc1ccnc(-c2[c-]cc(F)cc2F)c1.[Ir]. The molecule has 1 aromatic heterocycles. The summed E-state index contributed by atoms with van der Waals surface area (Å²) in [7, 11) is 0. The van der Waals surface area contributed by atoms with E-state index >= 15 is 0 Å².